The molecule has 1 heterocycles. The molecule has 3 nitrogen and oxygen atoms in total. The summed E-state index contributed by atoms with van der Waals surface area (Å²) in [7, 11) is 0. The van der Waals surface area contributed by atoms with Gasteiger partial charge in [-0.1, -0.05) is 35.9 Å². The van der Waals surface area contributed by atoms with Crippen LogP contribution < -0.4 is 0 Å². The molecule has 0 unspecified atom stereocenters. The van der Waals surface area contributed by atoms with Gasteiger partial charge in [0.2, 0.25) is 0 Å². The summed E-state index contributed by atoms with van der Waals surface area (Å²) in [6.45, 7) is 5.21. The Hall–Kier alpha value is -2.10. The van der Waals surface area contributed by atoms with Crippen molar-refractivity contribution in [1.29, 1.82) is 0 Å². The van der Waals surface area contributed by atoms with E-state index in [0.717, 1.165) is 5.69 Å². The molecular formula is C17H14Cl2N2O. The molecule has 0 saturated heterocycles. The van der Waals surface area contributed by atoms with Crippen LogP contribution in [0.1, 0.15) is 17.3 Å². The van der Waals surface area contributed by atoms with Crippen LogP contribution in [-0.4, -0.2) is 15.3 Å². The maximum Gasteiger partial charge on any atom is 0.194 e. The van der Waals surface area contributed by atoms with E-state index in [-0.39, 0.29) is 5.78 Å². The fraction of sp³-hybridized carbons (Fsp3) is 0.0588. The number of carbonyl (C=O) groups is 1. The second-order valence-electron chi connectivity index (χ2n) is 4.53. The van der Waals surface area contributed by atoms with E-state index in [0.29, 0.717) is 21.2 Å². The summed E-state index contributed by atoms with van der Waals surface area (Å²) in [6.07, 6.45) is 8.19. The van der Waals surface area contributed by atoms with Gasteiger partial charge >= 0.3 is 0 Å². The third kappa shape index (κ3) is 3.75. The van der Waals surface area contributed by atoms with Gasteiger partial charge in [0.15, 0.2) is 5.78 Å². The van der Waals surface area contributed by atoms with Gasteiger partial charge in [-0.25, -0.2) is 4.98 Å². The predicted molar refractivity (Wildman–Crippen MR) is 90.6 cm³/mol. The second kappa shape index (κ2) is 7.25. The van der Waals surface area contributed by atoms with Gasteiger partial charge in [0.05, 0.1) is 6.33 Å². The minimum Gasteiger partial charge on any atom is -0.306 e. The van der Waals surface area contributed by atoms with Crippen molar-refractivity contribution in [2.24, 2.45) is 0 Å². The molecule has 0 saturated carbocycles. The Morgan fingerprint density at radius 2 is 1.95 bits per heavy atom. The average Bonchev–Trinajstić information content (AvgIpc) is 3.06. The summed E-state index contributed by atoms with van der Waals surface area (Å²) >= 11 is 11.9. The van der Waals surface area contributed by atoms with Crippen molar-refractivity contribution in [2.75, 3.05) is 0 Å². The van der Waals surface area contributed by atoms with Crippen LogP contribution in [0.3, 0.4) is 0 Å². The molecule has 1 aromatic heterocycles. The summed E-state index contributed by atoms with van der Waals surface area (Å²) < 4.78 is 1.85. The minimum absolute atomic E-state index is 0.190. The van der Waals surface area contributed by atoms with Gasteiger partial charge in [0, 0.05) is 39.3 Å². The minimum atomic E-state index is -0.190. The molecule has 0 N–H and O–H groups in total. The highest BCUT2D eigenvalue weighted by Gasteiger charge is 2.13. The van der Waals surface area contributed by atoms with Crippen LogP contribution in [0.5, 0.6) is 0 Å². The number of aromatic nitrogens is 2. The first-order valence-electron chi connectivity index (χ1n) is 6.52. The molecule has 22 heavy (non-hydrogen) atoms. The molecule has 1 aromatic carbocycles. The smallest absolute Gasteiger partial charge is 0.194 e. The molecule has 0 radical (unpaired) electrons. The first-order valence-corrected chi connectivity index (χ1v) is 7.27. The molecule has 0 amide bonds. The van der Waals surface area contributed by atoms with E-state index in [9.17, 15) is 4.79 Å². The van der Waals surface area contributed by atoms with Gasteiger partial charge in [-0.15, -0.1) is 0 Å². The van der Waals surface area contributed by atoms with Crippen LogP contribution >= 0.6 is 23.2 Å². The van der Waals surface area contributed by atoms with Gasteiger partial charge in [-0.2, -0.15) is 0 Å². The maximum atomic E-state index is 12.5. The number of ketones is 1. The summed E-state index contributed by atoms with van der Waals surface area (Å²) in [5.41, 5.74) is 1.80. The number of nitrogens with zero attached hydrogens (tertiary/aromatic N) is 2. The van der Waals surface area contributed by atoms with Gasteiger partial charge < -0.3 is 4.57 Å². The molecule has 0 bridgehead atoms. The largest absolute Gasteiger partial charge is 0.306 e. The zero-order chi connectivity index (χ0) is 16.1. The van der Waals surface area contributed by atoms with Crippen molar-refractivity contribution in [3.05, 3.63) is 82.9 Å². The van der Waals surface area contributed by atoms with Crippen LogP contribution in [-0.2, 0) is 0 Å². The lowest BCUT2D eigenvalue weighted by Crippen LogP contribution is -2.03. The molecule has 2 aromatic rings. The summed E-state index contributed by atoms with van der Waals surface area (Å²) in [6, 6.07) is 7.17. The molecule has 112 valence electrons. The zero-order valence-corrected chi connectivity index (χ0v) is 13.5. The van der Waals surface area contributed by atoms with Gasteiger partial charge in [0.1, 0.15) is 0 Å². The molecular weight excluding hydrogens is 319 g/mol. The lowest BCUT2D eigenvalue weighted by molar-refractivity contribution is 0.103. The van der Waals surface area contributed by atoms with E-state index in [1.165, 1.54) is 12.2 Å². The fourth-order valence-corrected chi connectivity index (χ4v) is 2.12. The van der Waals surface area contributed by atoms with E-state index in [1.807, 2.05) is 22.9 Å². The second-order valence-corrected chi connectivity index (χ2v) is 5.53. The van der Waals surface area contributed by atoms with E-state index in [2.05, 4.69) is 11.6 Å². The lowest BCUT2D eigenvalue weighted by atomic mass is 10.0. The normalized spacial score (nSPS) is 12.8. The molecule has 5 heteroatoms. The molecule has 0 spiro atoms. The summed E-state index contributed by atoms with van der Waals surface area (Å²) in [4.78, 5) is 16.5. The van der Waals surface area contributed by atoms with Crippen LogP contribution in [0.4, 0.5) is 0 Å². The van der Waals surface area contributed by atoms with Crippen LogP contribution in [0.25, 0.3) is 5.69 Å². The lowest BCUT2D eigenvalue weighted by Gasteiger charge is -2.06. The Morgan fingerprint density at radius 3 is 2.45 bits per heavy atom. The Labute approximate surface area is 139 Å². The molecule has 0 aliphatic carbocycles. The highest BCUT2D eigenvalue weighted by molar-refractivity contribution is 6.35. The summed E-state index contributed by atoms with van der Waals surface area (Å²) in [5.74, 6) is -0.190. The highest BCUT2D eigenvalue weighted by Crippen LogP contribution is 2.20. The topological polar surface area (TPSA) is 34.9 Å². The van der Waals surface area contributed by atoms with E-state index < -0.39 is 0 Å². The van der Waals surface area contributed by atoms with E-state index >= 15 is 0 Å². The standard InChI is InChI=1S/C17H14Cl2N2O/c1-3-14(19)10-16(12(2)18)17(22)13-4-6-15(7-5-13)21-9-8-20-11-21/h3-11H,1H2,2H3/b14-10+,16-12-. The quantitative estimate of drug-likeness (QED) is 0.444. The number of Topliss-reactive ketones (excluding diaryl/α,β-unsaturated/α-hetero) is 1. The Morgan fingerprint density at radius 1 is 1.27 bits per heavy atom. The number of benzene rings is 1. The number of hydrogen-bond acceptors (Lipinski definition) is 2. The van der Waals surface area contributed by atoms with E-state index in [1.54, 1.807) is 31.6 Å². The third-order valence-corrected chi connectivity index (χ3v) is 3.49. The average molecular weight is 333 g/mol. The molecule has 0 atom stereocenters. The maximum absolute atomic E-state index is 12.5. The monoisotopic (exact) mass is 332 g/mol. The number of carbonyl (C=O) groups excluding carboxylic acids is 1. The van der Waals surface area contributed by atoms with Crippen molar-refractivity contribution in [3.8, 4) is 5.69 Å². The van der Waals surface area contributed by atoms with Crippen molar-refractivity contribution in [1.82, 2.24) is 9.55 Å². The van der Waals surface area contributed by atoms with Crippen molar-refractivity contribution in [2.45, 2.75) is 6.92 Å². The summed E-state index contributed by atoms with van der Waals surface area (Å²) in [5, 5.41) is 0.738. The first kappa shape index (κ1) is 16.3. The van der Waals surface area contributed by atoms with Crippen molar-refractivity contribution < 1.29 is 4.79 Å². The van der Waals surface area contributed by atoms with Gasteiger partial charge in [-0.05, 0) is 37.3 Å². The predicted octanol–water partition coefficient (Wildman–Crippen LogP) is 4.88. The molecule has 0 fully saturated rings. The number of imidazole rings is 1. The fourth-order valence-electron chi connectivity index (χ4n) is 1.87. The zero-order valence-electron chi connectivity index (χ0n) is 12.0. The van der Waals surface area contributed by atoms with Crippen LogP contribution in [0, 0.1) is 0 Å². The van der Waals surface area contributed by atoms with E-state index in [4.69, 9.17) is 23.2 Å². The number of allylic oxidation sites excluding steroid dienone is 5. The van der Waals surface area contributed by atoms with Crippen molar-refractivity contribution >= 4 is 29.0 Å². The third-order valence-electron chi connectivity index (χ3n) is 3.03. The molecule has 0 aliphatic heterocycles. The highest BCUT2D eigenvalue weighted by atomic mass is 35.5. The Bertz CT molecular complexity index is 737. The van der Waals surface area contributed by atoms with Gasteiger partial charge in [-0.3, -0.25) is 4.79 Å². The first-order chi connectivity index (χ1) is 10.5. The SMILES string of the molecule is C=C/C(Cl)=C\C(C(=O)c1ccc(-n2ccnc2)cc1)=C(/C)Cl. The molecule has 2 rings (SSSR count). The van der Waals surface area contributed by atoms with Crippen LogP contribution in [0.15, 0.2) is 77.4 Å². The Balaban J connectivity index is 2.33. The Kier molecular flexibility index (Phi) is 5.36. The molecule has 0 aliphatic rings. The number of hydrogen-bond donors (Lipinski definition) is 0. The van der Waals surface area contributed by atoms with Crippen LogP contribution in [0.2, 0.25) is 0 Å². The van der Waals surface area contributed by atoms with Crippen molar-refractivity contribution in [3.63, 3.8) is 0 Å². The number of rotatable bonds is 5. The van der Waals surface area contributed by atoms with Gasteiger partial charge in [0.25, 0.3) is 0 Å². The number of halogens is 2.